The number of thioether (sulfide) groups is 1. The highest BCUT2D eigenvalue weighted by Gasteiger charge is 2.07. The number of aliphatic hydroxyl groups is 1. The molecule has 2 N–H and O–H groups in total. The van der Waals surface area contributed by atoms with E-state index in [2.05, 4.69) is 15.5 Å². The molecule has 0 saturated heterocycles. The first-order valence-corrected chi connectivity index (χ1v) is 6.07. The predicted octanol–water partition coefficient (Wildman–Crippen LogP) is 0.268. The van der Waals surface area contributed by atoms with Crippen molar-refractivity contribution in [1.82, 2.24) is 20.1 Å². The summed E-state index contributed by atoms with van der Waals surface area (Å²) in [5.74, 6) is 0.935. The van der Waals surface area contributed by atoms with E-state index in [1.807, 2.05) is 18.5 Å². The van der Waals surface area contributed by atoms with E-state index in [1.165, 1.54) is 0 Å². The number of aryl methyl sites for hydroxylation is 1. The van der Waals surface area contributed by atoms with E-state index in [0.717, 1.165) is 23.9 Å². The number of aliphatic hydroxyl groups excluding tert-OH is 1. The van der Waals surface area contributed by atoms with E-state index >= 15 is 0 Å². The standard InChI is InChI=1S/C9H18N4OS/c1-3-10-8(6-14)4-5-15-9-12-11-7-13(9)2/h7-8,10,14H,3-6H2,1-2H3. The molecule has 0 aliphatic rings. The highest BCUT2D eigenvalue weighted by molar-refractivity contribution is 7.99. The Labute approximate surface area is 94.3 Å². The molecule has 6 heteroatoms. The number of nitrogens with one attached hydrogen (secondary N) is 1. The smallest absolute Gasteiger partial charge is 0.190 e. The van der Waals surface area contributed by atoms with Gasteiger partial charge in [0.2, 0.25) is 0 Å². The summed E-state index contributed by atoms with van der Waals surface area (Å²) < 4.78 is 1.89. The number of nitrogens with zero attached hydrogens (tertiary/aromatic N) is 3. The van der Waals surface area contributed by atoms with Gasteiger partial charge in [0.05, 0.1) is 6.61 Å². The summed E-state index contributed by atoms with van der Waals surface area (Å²) in [7, 11) is 1.93. The molecule has 1 atom stereocenters. The summed E-state index contributed by atoms with van der Waals surface area (Å²) in [4.78, 5) is 0. The molecule has 1 aromatic heterocycles. The van der Waals surface area contributed by atoms with Crippen LogP contribution in [0.3, 0.4) is 0 Å². The lowest BCUT2D eigenvalue weighted by atomic mass is 10.2. The Morgan fingerprint density at radius 2 is 2.47 bits per heavy atom. The molecule has 1 unspecified atom stereocenters. The Morgan fingerprint density at radius 3 is 3.00 bits per heavy atom. The van der Waals surface area contributed by atoms with Gasteiger partial charge in [0.15, 0.2) is 5.16 Å². The van der Waals surface area contributed by atoms with Crippen LogP contribution >= 0.6 is 11.8 Å². The molecule has 15 heavy (non-hydrogen) atoms. The Kier molecular flexibility index (Phi) is 5.67. The van der Waals surface area contributed by atoms with Gasteiger partial charge in [0, 0.05) is 18.8 Å². The summed E-state index contributed by atoms with van der Waals surface area (Å²) in [6.07, 6.45) is 2.62. The minimum Gasteiger partial charge on any atom is -0.395 e. The monoisotopic (exact) mass is 230 g/mol. The number of hydrogen-bond donors (Lipinski definition) is 2. The van der Waals surface area contributed by atoms with Crippen LogP contribution in [0.5, 0.6) is 0 Å². The molecule has 0 aliphatic heterocycles. The van der Waals surface area contributed by atoms with Crippen LogP contribution in [0.15, 0.2) is 11.5 Å². The average molecular weight is 230 g/mol. The molecule has 86 valence electrons. The molecule has 5 nitrogen and oxygen atoms in total. The third-order valence-corrected chi connectivity index (χ3v) is 3.15. The van der Waals surface area contributed by atoms with Crippen LogP contribution < -0.4 is 5.32 Å². The lowest BCUT2D eigenvalue weighted by molar-refractivity contribution is 0.241. The second-order valence-corrected chi connectivity index (χ2v) is 4.36. The Morgan fingerprint density at radius 1 is 1.67 bits per heavy atom. The lowest BCUT2D eigenvalue weighted by Crippen LogP contribution is -2.32. The van der Waals surface area contributed by atoms with Gasteiger partial charge in [-0.15, -0.1) is 10.2 Å². The molecule has 0 bridgehead atoms. The van der Waals surface area contributed by atoms with Gasteiger partial charge < -0.3 is 15.0 Å². The van der Waals surface area contributed by atoms with Gasteiger partial charge in [0.25, 0.3) is 0 Å². The van der Waals surface area contributed by atoms with Crippen LogP contribution in [0.4, 0.5) is 0 Å². The van der Waals surface area contributed by atoms with Crippen molar-refractivity contribution >= 4 is 11.8 Å². The van der Waals surface area contributed by atoms with Crippen molar-refractivity contribution < 1.29 is 5.11 Å². The maximum atomic E-state index is 9.06. The molecule has 0 radical (unpaired) electrons. The van der Waals surface area contributed by atoms with Crippen LogP contribution in [-0.2, 0) is 7.05 Å². The minimum atomic E-state index is 0.188. The van der Waals surface area contributed by atoms with Gasteiger partial charge in [0.1, 0.15) is 6.33 Å². The summed E-state index contributed by atoms with van der Waals surface area (Å²) >= 11 is 1.66. The van der Waals surface area contributed by atoms with Crippen molar-refractivity contribution in [3.63, 3.8) is 0 Å². The first-order chi connectivity index (χ1) is 7.27. The highest BCUT2D eigenvalue weighted by Crippen LogP contribution is 2.14. The second kappa shape index (κ2) is 6.81. The molecule has 0 fully saturated rings. The van der Waals surface area contributed by atoms with Crippen LogP contribution in [0, 0.1) is 0 Å². The fraction of sp³-hybridized carbons (Fsp3) is 0.778. The molecule has 1 aromatic rings. The largest absolute Gasteiger partial charge is 0.395 e. The predicted molar refractivity (Wildman–Crippen MR) is 60.9 cm³/mol. The van der Waals surface area contributed by atoms with Gasteiger partial charge in [-0.3, -0.25) is 0 Å². The Bertz CT molecular complexity index is 279. The zero-order valence-electron chi connectivity index (χ0n) is 9.18. The van der Waals surface area contributed by atoms with Crippen LogP contribution in [0.2, 0.25) is 0 Å². The minimum absolute atomic E-state index is 0.188. The van der Waals surface area contributed by atoms with E-state index in [-0.39, 0.29) is 12.6 Å². The molecular weight excluding hydrogens is 212 g/mol. The number of hydrogen-bond acceptors (Lipinski definition) is 5. The third kappa shape index (κ3) is 4.19. The van der Waals surface area contributed by atoms with E-state index in [4.69, 9.17) is 5.11 Å². The molecule has 0 aliphatic carbocycles. The van der Waals surface area contributed by atoms with Crippen molar-refractivity contribution in [1.29, 1.82) is 0 Å². The molecule has 0 saturated carbocycles. The third-order valence-electron chi connectivity index (χ3n) is 2.08. The summed E-state index contributed by atoms with van der Waals surface area (Å²) in [6, 6.07) is 0.190. The van der Waals surface area contributed by atoms with Crippen molar-refractivity contribution in [2.75, 3.05) is 18.9 Å². The zero-order valence-corrected chi connectivity index (χ0v) is 10.00. The van der Waals surface area contributed by atoms with E-state index < -0.39 is 0 Å². The topological polar surface area (TPSA) is 63.0 Å². The van der Waals surface area contributed by atoms with Crippen molar-refractivity contribution in [2.45, 2.75) is 24.5 Å². The van der Waals surface area contributed by atoms with Crippen molar-refractivity contribution in [2.24, 2.45) is 7.05 Å². The maximum Gasteiger partial charge on any atom is 0.190 e. The first-order valence-electron chi connectivity index (χ1n) is 5.09. The summed E-state index contributed by atoms with van der Waals surface area (Å²) in [5.41, 5.74) is 0. The van der Waals surface area contributed by atoms with Crippen LogP contribution in [0.1, 0.15) is 13.3 Å². The van der Waals surface area contributed by atoms with E-state index in [1.54, 1.807) is 18.1 Å². The van der Waals surface area contributed by atoms with Crippen LogP contribution in [-0.4, -0.2) is 44.8 Å². The molecule has 1 rings (SSSR count). The van der Waals surface area contributed by atoms with Crippen molar-refractivity contribution in [3.05, 3.63) is 6.33 Å². The summed E-state index contributed by atoms with van der Waals surface area (Å²) in [5, 5.41) is 21.0. The Balaban J connectivity index is 2.23. The van der Waals surface area contributed by atoms with Gasteiger partial charge in [-0.2, -0.15) is 0 Å². The lowest BCUT2D eigenvalue weighted by Gasteiger charge is -2.13. The second-order valence-electron chi connectivity index (χ2n) is 3.30. The maximum absolute atomic E-state index is 9.06. The Hall–Kier alpha value is -0.590. The van der Waals surface area contributed by atoms with Gasteiger partial charge >= 0.3 is 0 Å². The zero-order chi connectivity index (χ0) is 11.1. The number of aromatic nitrogens is 3. The fourth-order valence-electron chi connectivity index (χ4n) is 1.24. The van der Waals surface area contributed by atoms with Crippen LogP contribution in [0.25, 0.3) is 0 Å². The quantitative estimate of drug-likeness (QED) is 0.658. The number of likely N-dealkylation sites (N-methyl/N-ethyl adjacent to an activating group) is 1. The van der Waals surface area contributed by atoms with E-state index in [0.29, 0.717) is 0 Å². The number of rotatable bonds is 7. The van der Waals surface area contributed by atoms with E-state index in [9.17, 15) is 0 Å². The SMILES string of the molecule is CCNC(CO)CCSc1nncn1C. The first kappa shape index (κ1) is 12.5. The van der Waals surface area contributed by atoms with Gasteiger partial charge in [-0.05, 0) is 13.0 Å². The van der Waals surface area contributed by atoms with Crippen molar-refractivity contribution in [3.8, 4) is 0 Å². The molecular formula is C9H18N4OS. The molecule has 0 spiro atoms. The van der Waals surface area contributed by atoms with Gasteiger partial charge in [-0.1, -0.05) is 18.7 Å². The summed E-state index contributed by atoms with van der Waals surface area (Å²) in [6.45, 7) is 3.12. The molecule has 0 aromatic carbocycles. The highest BCUT2D eigenvalue weighted by atomic mass is 32.2. The molecule has 0 amide bonds. The van der Waals surface area contributed by atoms with Gasteiger partial charge in [-0.25, -0.2) is 0 Å². The molecule has 1 heterocycles. The fourth-order valence-corrected chi connectivity index (χ4v) is 2.18. The normalized spacial score (nSPS) is 13.0. The average Bonchev–Trinajstić information content (AvgIpc) is 2.63.